The lowest BCUT2D eigenvalue weighted by Gasteiger charge is -2.22. The molecule has 2 atom stereocenters. The summed E-state index contributed by atoms with van der Waals surface area (Å²) in [4.78, 5) is 25.5. The molecule has 5 nitrogen and oxygen atoms in total. The molecule has 22 heavy (non-hydrogen) atoms. The van der Waals surface area contributed by atoms with E-state index in [-0.39, 0.29) is 30.4 Å². The second kappa shape index (κ2) is 11.3. The quantitative estimate of drug-likeness (QED) is 0.340. The molecule has 7 heteroatoms. The number of aliphatic hydroxyl groups is 1. The molecule has 1 fully saturated rings. The van der Waals surface area contributed by atoms with Gasteiger partial charge in [-0.15, -0.1) is 11.7 Å². The number of rotatable bonds is 11. The fourth-order valence-electron chi connectivity index (χ4n) is 2.72. The Bertz CT molecular complexity index is 354. The van der Waals surface area contributed by atoms with Gasteiger partial charge in [-0.1, -0.05) is 10.8 Å². The average Bonchev–Trinajstić information content (AvgIpc) is 2.95. The number of ketones is 1. The molecule has 1 aliphatic heterocycles. The number of amides is 1. The number of thiol groups is 1. The maximum Gasteiger partial charge on any atom is 0.222 e. The zero-order valence-electron chi connectivity index (χ0n) is 13.2. The number of Topliss-reactive ketones (excluding diaryl/α,β-unsaturated/α-hetero) is 1. The third-order valence-electron chi connectivity index (χ3n) is 4.03. The first-order chi connectivity index (χ1) is 10.6. The van der Waals surface area contributed by atoms with Crippen LogP contribution in [0.15, 0.2) is 0 Å². The smallest absolute Gasteiger partial charge is 0.222 e. The molecule has 0 aromatic rings. The molecule has 1 heterocycles. The summed E-state index contributed by atoms with van der Waals surface area (Å²) in [5.41, 5.74) is 0. The predicted octanol–water partition coefficient (Wildman–Crippen LogP) is 2.08. The van der Waals surface area contributed by atoms with Gasteiger partial charge in [0.2, 0.25) is 5.91 Å². The molecule has 0 bridgehead atoms. The molecular weight excluding hydrogens is 322 g/mol. The number of carbonyl (C=O) groups is 2. The van der Waals surface area contributed by atoms with E-state index in [1.165, 1.54) is 10.8 Å². The van der Waals surface area contributed by atoms with Gasteiger partial charge in [0, 0.05) is 38.7 Å². The van der Waals surface area contributed by atoms with Gasteiger partial charge in [-0.3, -0.25) is 9.59 Å². The minimum absolute atomic E-state index is 0.0206. The lowest BCUT2D eigenvalue weighted by Crippen LogP contribution is -2.37. The Balaban J connectivity index is 2.19. The first-order valence-electron chi connectivity index (χ1n) is 7.83. The fourth-order valence-corrected chi connectivity index (χ4v) is 3.38. The Kier molecular flexibility index (Phi) is 10.2. The Morgan fingerprint density at radius 2 is 1.95 bits per heavy atom. The van der Waals surface area contributed by atoms with Crippen molar-refractivity contribution in [2.45, 2.75) is 57.1 Å². The number of methoxy groups -OCH3 is 1. The Morgan fingerprint density at radius 1 is 1.27 bits per heavy atom. The van der Waals surface area contributed by atoms with Crippen LogP contribution < -0.4 is 0 Å². The van der Waals surface area contributed by atoms with Gasteiger partial charge < -0.3 is 14.7 Å². The van der Waals surface area contributed by atoms with Crippen molar-refractivity contribution in [3.63, 3.8) is 0 Å². The molecular formula is C15H27NO4S2. The zero-order valence-corrected chi connectivity index (χ0v) is 14.9. The lowest BCUT2D eigenvalue weighted by molar-refractivity contribution is -0.133. The number of aliphatic hydroxyl groups excluding tert-OH is 1. The largest absolute Gasteiger partial charge is 0.394 e. The number of hydrogen-bond acceptors (Lipinski definition) is 6. The number of ether oxygens (including phenoxy) is 1. The number of nitrogens with zero attached hydrogens (tertiary/aromatic N) is 1. The molecule has 128 valence electrons. The standard InChI is InChI=1S/C15H27NO4S2/c1-20-14-9-12(11-17)16(10-14)15(19)7-3-2-5-13(18)6-4-8-22-21/h12,14,17,21H,2-11H2,1H3/t12-,14+/m1/s1. The van der Waals surface area contributed by atoms with Gasteiger partial charge in [-0.2, -0.15) is 0 Å². The summed E-state index contributed by atoms with van der Waals surface area (Å²) >= 11 is 4.04. The van der Waals surface area contributed by atoms with Crippen molar-refractivity contribution in [1.29, 1.82) is 0 Å². The molecule has 1 amide bonds. The number of carbonyl (C=O) groups excluding carboxylic acids is 2. The normalized spacial score (nSPS) is 21.3. The Hall–Kier alpha value is -0.240. The molecule has 0 spiro atoms. The van der Waals surface area contributed by atoms with Crippen LogP contribution in [0.2, 0.25) is 0 Å². The second-order valence-electron chi connectivity index (χ2n) is 5.66. The lowest BCUT2D eigenvalue weighted by atomic mass is 10.1. The van der Waals surface area contributed by atoms with Crippen molar-refractivity contribution >= 4 is 34.1 Å². The van der Waals surface area contributed by atoms with E-state index in [0.29, 0.717) is 32.2 Å². The van der Waals surface area contributed by atoms with Gasteiger partial charge in [0.1, 0.15) is 5.78 Å². The average molecular weight is 350 g/mol. The van der Waals surface area contributed by atoms with Gasteiger partial charge in [0.05, 0.1) is 18.8 Å². The fraction of sp³-hybridized carbons (Fsp3) is 0.867. The Morgan fingerprint density at radius 3 is 2.59 bits per heavy atom. The van der Waals surface area contributed by atoms with Crippen molar-refractivity contribution < 1.29 is 19.4 Å². The van der Waals surface area contributed by atoms with Gasteiger partial charge >= 0.3 is 0 Å². The van der Waals surface area contributed by atoms with Crippen molar-refractivity contribution in [3.8, 4) is 0 Å². The van der Waals surface area contributed by atoms with Crippen LogP contribution in [0, 0.1) is 0 Å². The van der Waals surface area contributed by atoms with E-state index in [2.05, 4.69) is 11.7 Å². The molecule has 0 aromatic carbocycles. The molecule has 1 aliphatic rings. The van der Waals surface area contributed by atoms with Crippen LogP contribution in [0.3, 0.4) is 0 Å². The number of hydrogen-bond donors (Lipinski definition) is 2. The summed E-state index contributed by atoms with van der Waals surface area (Å²) in [6.07, 6.45) is 4.66. The summed E-state index contributed by atoms with van der Waals surface area (Å²) in [5.74, 6) is 1.21. The molecule has 1 rings (SSSR count). The van der Waals surface area contributed by atoms with Crippen LogP contribution in [-0.2, 0) is 14.3 Å². The zero-order chi connectivity index (χ0) is 16.4. The summed E-state index contributed by atoms with van der Waals surface area (Å²) in [5, 5.41) is 9.34. The van der Waals surface area contributed by atoms with Crippen molar-refractivity contribution in [1.82, 2.24) is 4.90 Å². The first kappa shape index (κ1) is 19.8. The monoisotopic (exact) mass is 349 g/mol. The summed E-state index contributed by atoms with van der Waals surface area (Å²) in [7, 11) is 3.09. The summed E-state index contributed by atoms with van der Waals surface area (Å²) in [6, 6.07) is -0.127. The minimum atomic E-state index is -0.127. The van der Waals surface area contributed by atoms with E-state index < -0.39 is 0 Å². The van der Waals surface area contributed by atoms with Crippen LogP contribution in [0.4, 0.5) is 0 Å². The van der Waals surface area contributed by atoms with Gasteiger partial charge in [-0.05, 0) is 25.7 Å². The Labute approximate surface area is 142 Å². The van der Waals surface area contributed by atoms with Crippen LogP contribution in [0.1, 0.15) is 44.9 Å². The number of likely N-dealkylation sites (tertiary alicyclic amines) is 1. The van der Waals surface area contributed by atoms with Crippen molar-refractivity contribution in [2.75, 3.05) is 26.0 Å². The highest BCUT2D eigenvalue weighted by Gasteiger charge is 2.34. The van der Waals surface area contributed by atoms with Crippen LogP contribution in [-0.4, -0.2) is 59.9 Å². The first-order valence-corrected chi connectivity index (χ1v) is 9.87. The van der Waals surface area contributed by atoms with E-state index in [9.17, 15) is 14.7 Å². The van der Waals surface area contributed by atoms with Gasteiger partial charge in [0.15, 0.2) is 0 Å². The SMILES string of the molecule is CO[C@H]1C[C@H](CO)N(C(=O)CCCCC(=O)CCCSS)C1. The topological polar surface area (TPSA) is 66.8 Å². The highest BCUT2D eigenvalue weighted by atomic mass is 33.1. The maximum atomic E-state index is 12.2. The third-order valence-corrected chi connectivity index (χ3v) is 5.05. The molecule has 0 saturated carbocycles. The van der Waals surface area contributed by atoms with E-state index in [0.717, 1.165) is 25.0 Å². The highest BCUT2D eigenvalue weighted by Crippen LogP contribution is 2.21. The third kappa shape index (κ3) is 6.89. The molecule has 0 radical (unpaired) electrons. The van der Waals surface area contributed by atoms with Crippen LogP contribution in [0.25, 0.3) is 0 Å². The van der Waals surface area contributed by atoms with E-state index in [1.807, 2.05) is 0 Å². The number of unbranched alkanes of at least 4 members (excludes halogenated alkanes) is 1. The van der Waals surface area contributed by atoms with Gasteiger partial charge in [0.25, 0.3) is 0 Å². The molecule has 1 saturated heterocycles. The van der Waals surface area contributed by atoms with E-state index in [4.69, 9.17) is 4.74 Å². The van der Waals surface area contributed by atoms with E-state index >= 15 is 0 Å². The van der Waals surface area contributed by atoms with E-state index in [1.54, 1.807) is 12.0 Å². The highest BCUT2D eigenvalue weighted by molar-refractivity contribution is 8.68. The second-order valence-corrected chi connectivity index (χ2v) is 7.10. The van der Waals surface area contributed by atoms with Crippen molar-refractivity contribution in [3.05, 3.63) is 0 Å². The minimum Gasteiger partial charge on any atom is -0.394 e. The molecule has 0 unspecified atom stereocenters. The van der Waals surface area contributed by atoms with Crippen molar-refractivity contribution in [2.24, 2.45) is 0 Å². The van der Waals surface area contributed by atoms with Gasteiger partial charge in [-0.25, -0.2) is 0 Å². The summed E-state index contributed by atoms with van der Waals surface area (Å²) < 4.78 is 5.27. The molecule has 1 N–H and O–H groups in total. The van der Waals surface area contributed by atoms with Crippen LogP contribution >= 0.6 is 22.5 Å². The predicted molar refractivity (Wildman–Crippen MR) is 92.2 cm³/mol. The summed E-state index contributed by atoms with van der Waals surface area (Å²) in [6.45, 7) is 0.536. The maximum absolute atomic E-state index is 12.2. The van der Waals surface area contributed by atoms with Crippen LogP contribution in [0.5, 0.6) is 0 Å². The molecule has 0 aliphatic carbocycles. The molecule has 0 aromatic heterocycles.